The summed E-state index contributed by atoms with van der Waals surface area (Å²) in [6, 6.07) is 55.4. The summed E-state index contributed by atoms with van der Waals surface area (Å²) in [5.41, 5.74) is 10.8. The SMILES string of the molecule is C1=CC(c2ccccc2-c2nc(-c3ccc(-c4ccccc4)cc3)nc(-c3cccc4sc5ccccc5c34)n2)Cc2cc3c(cc21)oc1ccccc13. The van der Waals surface area contributed by atoms with Gasteiger partial charge in [0.25, 0.3) is 0 Å². The van der Waals surface area contributed by atoms with E-state index in [2.05, 4.69) is 152 Å². The number of aromatic nitrogens is 3. The summed E-state index contributed by atoms with van der Waals surface area (Å²) in [7, 11) is 0. The molecule has 54 heavy (non-hydrogen) atoms. The zero-order chi connectivity index (χ0) is 35.6. The van der Waals surface area contributed by atoms with Crippen molar-refractivity contribution < 1.29 is 4.42 Å². The Morgan fingerprint density at radius 2 is 1.17 bits per heavy atom. The maximum atomic E-state index is 6.22. The van der Waals surface area contributed by atoms with E-state index < -0.39 is 0 Å². The predicted octanol–water partition coefficient (Wildman–Crippen LogP) is 13.2. The minimum Gasteiger partial charge on any atom is -0.456 e. The minimum atomic E-state index is 0.141. The van der Waals surface area contributed by atoms with Crippen LogP contribution in [0, 0.1) is 0 Å². The molecule has 0 bridgehead atoms. The zero-order valence-corrected chi connectivity index (χ0v) is 29.9. The Balaban J connectivity index is 1.06. The highest BCUT2D eigenvalue weighted by Gasteiger charge is 2.23. The number of allylic oxidation sites excluding steroid dienone is 1. The summed E-state index contributed by atoms with van der Waals surface area (Å²) in [4.78, 5) is 15.8. The lowest BCUT2D eigenvalue weighted by molar-refractivity contribution is 0.668. The van der Waals surface area contributed by atoms with E-state index in [1.54, 1.807) is 11.3 Å². The molecule has 1 unspecified atom stereocenters. The van der Waals surface area contributed by atoms with E-state index >= 15 is 0 Å². The monoisotopic (exact) mass is 709 g/mol. The second kappa shape index (κ2) is 12.5. The first-order valence-electron chi connectivity index (χ1n) is 18.3. The van der Waals surface area contributed by atoms with Crippen molar-refractivity contribution in [2.45, 2.75) is 12.3 Å². The molecule has 10 aromatic rings. The van der Waals surface area contributed by atoms with Gasteiger partial charge >= 0.3 is 0 Å². The van der Waals surface area contributed by atoms with E-state index in [4.69, 9.17) is 19.4 Å². The van der Waals surface area contributed by atoms with Crippen LogP contribution in [0.2, 0.25) is 0 Å². The molecular formula is C49H31N3OS. The van der Waals surface area contributed by atoms with E-state index in [0.29, 0.717) is 17.5 Å². The molecule has 0 radical (unpaired) electrons. The van der Waals surface area contributed by atoms with Crippen LogP contribution >= 0.6 is 11.3 Å². The standard InChI is InChI=1S/C49H31N3OS/c1-2-11-30(12-3-1)31-21-23-32(24-22-31)47-50-48(52-49(51-47)40-17-10-20-45-46(40)39-16-7-9-19-44(39)54-45)38-15-5-4-13-36(38)34-26-25-33-29-43-41(28-35(33)27-34)37-14-6-8-18-42(37)53-43/h1-26,28-29,34H,27H2. The Labute approximate surface area is 315 Å². The average Bonchev–Trinajstić information content (AvgIpc) is 3.81. The molecule has 1 aliphatic rings. The summed E-state index contributed by atoms with van der Waals surface area (Å²) < 4.78 is 8.69. The van der Waals surface area contributed by atoms with Gasteiger partial charge in [-0.15, -0.1) is 11.3 Å². The highest BCUT2D eigenvalue weighted by Crippen LogP contribution is 2.42. The van der Waals surface area contributed by atoms with Gasteiger partial charge in [-0.2, -0.15) is 0 Å². The van der Waals surface area contributed by atoms with E-state index in [1.165, 1.54) is 42.4 Å². The van der Waals surface area contributed by atoms with Crippen molar-refractivity contribution >= 4 is 59.5 Å². The molecule has 1 atom stereocenters. The average molecular weight is 710 g/mol. The summed E-state index contributed by atoms with van der Waals surface area (Å²) in [6.45, 7) is 0. The molecule has 3 aromatic heterocycles. The van der Waals surface area contributed by atoms with Gasteiger partial charge in [0.15, 0.2) is 17.5 Å². The van der Waals surface area contributed by atoms with Crippen LogP contribution in [0.3, 0.4) is 0 Å². The number of hydrogen-bond acceptors (Lipinski definition) is 5. The molecule has 0 fully saturated rings. The fraction of sp³-hybridized carbons (Fsp3) is 0.0408. The van der Waals surface area contributed by atoms with E-state index in [1.807, 2.05) is 18.2 Å². The van der Waals surface area contributed by atoms with Crippen LogP contribution in [0.1, 0.15) is 22.6 Å². The molecule has 7 aromatic carbocycles. The first kappa shape index (κ1) is 30.9. The summed E-state index contributed by atoms with van der Waals surface area (Å²) in [5, 5.41) is 4.71. The van der Waals surface area contributed by atoms with Crippen molar-refractivity contribution in [3.8, 4) is 45.3 Å². The topological polar surface area (TPSA) is 51.8 Å². The quantitative estimate of drug-likeness (QED) is 0.178. The van der Waals surface area contributed by atoms with Gasteiger partial charge in [0, 0.05) is 53.6 Å². The number of rotatable bonds is 5. The lowest BCUT2D eigenvalue weighted by Crippen LogP contribution is -2.08. The van der Waals surface area contributed by atoms with Gasteiger partial charge in [0.2, 0.25) is 0 Å². The smallest absolute Gasteiger partial charge is 0.164 e. The number of furan rings is 1. The van der Waals surface area contributed by atoms with Crippen LogP contribution in [0.5, 0.6) is 0 Å². The second-order valence-corrected chi connectivity index (χ2v) is 15.0. The molecule has 0 saturated carbocycles. The molecular weight excluding hydrogens is 679 g/mol. The molecule has 4 nitrogen and oxygen atoms in total. The van der Waals surface area contributed by atoms with Gasteiger partial charge in [-0.05, 0) is 64.6 Å². The Morgan fingerprint density at radius 1 is 0.500 bits per heavy atom. The number of nitrogens with zero attached hydrogens (tertiary/aromatic N) is 3. The number of fused-ring (bicyclic) bond motifs is 7. The largest absolute Gasteiger partial charge is 0.456 e. The Morgan fingerprint density at radius 3 is 2.06 bits per heavy atom. The minimum absolute atomic E-state index is 0.141. The normalized spacial score (nSPS) is 14.0. The third kappa shape index (κ3) is 5.16. The van der Waals surface area contributed by atoms with Gasteiger partial charge in [0.1, 0.15) is 11.2 Å². The summed E-state index contributed by atoms with van der Waals surface area (Å²) >= 11 is 1.80. The maximum absolute atomic E-state index is 6.22. The predicted molar refractivity (Wildman–Crippen MR) is 224 cm³/mol. The number of hydrogen-bond donors (Lipinski definition) is 0. The number of thiophene rings is 1. The Kier molecular flexibility index (Phi) is 7.13. The first-order chi connectivity index (χ1) is 26.7. The highest BCUT2D eigenvalue weighted by molar-refractivity contribution is 7.25. The van der Waals surface area contributed by atoms with Crippen LogP contribution in [-0.2, 0) is 6.42 Å². The molecule has 0 aliphatic heterocycles. The first-order valence-corrected chi connectivity index (χ1v) is 19.1. The number of benzene rings is 7. The Hall–Kier alpha value is -6.69. The van der Waals surface area contributed by atoms with Crippen molar-refractivity contribution in [3.63, 3.8) is 0 Å². The fourth-order valence-corrected chi connectivity index (χ4v) is 9.21. The fourth-order valence-electron chi connectivity index (χ4n) is 8.08. The van der Waals surface area contributed by atoms with Gasteiger partial charge in [0.05, 0.1) is 0 Å². The lowest BCUT2D eigenvalue weighted by atomic mass is 9.82. The molecule has 0 spiro atoms. The molecule has 0 amide bonds. The zero-order valence-electron chi connectivity index (χ0n) is 29.1. The molecule has 0 saturated heterocycles. The molecule has 1 aliphatic carbocycles. The second-order valence-electron chi connectivity index (χ2n) is 13.9. The van der Waals surface area contributed by atoms with Crippen molar-refractivity contribution in [1.82, 2.24) is 15.0 Å². The third-order valence-electron chi connectivity index (χ3n) is 10.7. The van der Waals surface area contributed by atoms with Crippen LogP contribution in [0.15, 0.2) is 168 Å². The molecule has 5 heteroatoms. The van der Waals surface area contributed by atoms with Gasteiger partial charge < -0.3 is 4.42 Å². The molecule has 254 valence electrons. The van der Waals surface area contributed by atoms with Gasteiger partial charge in [-0.3, -0.25) is 0 Å². The van der Waals surface area contributed by atoms with Gasteiger partial charge in [-0.1, -0.05) is 140 Å². The summed E-state index contributed by atoms with van der Waals surface area (Å²) in [6.07, 6.45) is 5.43. The maximum Gasteiger partial charge on any atom is 0.164 e. The third-order valence-corrected chi connectivity index (χ3v) is 11.9. The van der Waals surface area contributed by atoms with E-state index in [0.717, 1.165) is 50.6 Å². The van der Waals surface area contributed by atoms with Crippen molar-refractivity contribution in [3.05, 3.63) is 180 Å². The van der Waals surface area contributed by atoms with Crippen LogP contribution in [0.25, 0.3) is 93.5 Å². The van der Waals surface area contributed by atoms with Gasteiger partial charge in [-0.25, -0.2) is 15.0 Å². The van der Waals surface area contributed by atoms with Crippen LogP contribution in [-0.4, -0.2) is 15.0 Å². The lowest BCUT2D eigenvalue weighted by Gasteiger charge is -2.22. The molecule has 0 N–H and O–H groups in total. The number of para-hydroxylation sites is 1. The van der Waals surface area contributed by atoms with Crippen molar-refractivity contribution in [2.75, 3.05) is 0 Å². The van der Waals surface area contributed by atoms with E-state index in [-0.39, 0.29) is 5.92 Å². The van der Waals surface area contributed by atoms with Crippen molar-refractivity contribution in [1.29, 1.82) is 0 Å². The van der Waals surface area contributed by atoms with Crippen LogP contribution < -0.4 is 0 Å². The highest BCUT2D eigenvalue weighted by atomic mass is 32.1. The van der Waals surface area contributed by atoms with Crippen molar-refractivity contribution in [2.24, 2.45) is 0 Å². The van der Waals surface area contributed by atoms with E-state index in [9.17, 15) is 0 Å². The Bertz CT molecular complexity index is 3080. The van der Waals surface area contributed by atoms with Crippen LogP contribution in [0.4, 0.5) is 0 Å². The summed E-state index contributed by atoms with van der Waals surface area (Å²) in [5.74, 6) is 2.14. The molecule has 3 heterocycles. The molecule has 11 rings (SSSR count).